The molecule has 1 aromatic heterocycles. The van der Waals surface area contributed by atoms with Gasteiger partial charge in [0.1, 0.15) is 6.33 Å². The summed E-state index contributed by atoms with van der Waals surface area (Å²) in [6.07, 6.45) is 1.84. The number of carbonyl (C=O) groups excluding carboxylic acids is 1. The van der Waals surface area contributed by atoms with E-state index in [0.29, 0.717) is 6.54 Å². The van der Waals surface area contributed by atoms with Gasteiger partial charge in [-0.3, -0.25) is 14.7 Å². The molecular weight excluding hydrogens is 320 g/mol. The van der Waals surface area contributed by atoms with Gasteiger partial charge in [-0.2, -0.15) is 0 Å². The third kappa shape index (κ3) is 3.02. The minimum Gasteiger partial charge on any atom is -0.351 e. The summed E-state index contributed by atoms with van der Waals surface area (Å²) in [6.45, 7) is 0.548. The highest BCUT2D eigenvalue weighted by atomic mass is 32.2. The van der Waals surface area contributed by atoms with Gasteiger partial charge in [0.25, 0.3) is 0 Å². The molecule has 0 radical (unpaired) electrons. The highest BCUT2D eigenvalue weighted by Crippen LogP contribution is 2.18. The van der Waals surface area contributed by atoms with Gasteiger partial charge >= 0.3 is 0 Å². The molecule has 1 aliphatic heterocycles. The van der Waals surface area contributed by atoms with Crippen molar-refractivity contribution < 1.29 is 4.79 Å². The average molecular weight is 338 g/mol. The van der Waals surface area contributed by atoms with Crippen LogP contribution in [0, 0.1) is 0 Å². The van der Waals surface area contributed by atoms with Crippen molar-refractivity contribution in [3.63, 3.8) is 0 Å². The predicted molar refractivity (Wildman–Crippen MR) is 97.2 cm³/mol. The number of carbonyl (C=O) groups is 1. The Morgan fingerprint density at radius 1 is 1.25 bits per heavy atom. The van der Waals surface area contributed by atoms with Crippen LogP contribution < -0.4 is 10.6 Å². The monoisotopic (exact) mass is 338 g/mol. The van der Waals surface area contributed by atoms with E-state index >= 15 is 0 Å². The van der Waals surface area contributed by atoms with Gasteiger partial charge in [-0.05, 0) is 29.8 Å². The molecule has 1 amide bonds. The van der Waals surface area contributed by atoms with E-state index in [2.05, 4.69) is 38.4 Å². The average Bonchev–Trinajstić information content (AvgIpc) is 3.30. The summed E-state index contributed by atoms with van der Waals surface area (Å²) in [4.78, 5) is 16.4. The third-order valence-corrected chi connectivity index (χ3v) is 5.11. The summed E-state index contributed by atoms with van der Waals surface area (Å²) >= 11 is 1.75. The quantitative estimate of drug-likeness (QED) is 0.766. The van der Waals surface area contributed by atoms with Crippen molar-refractivity contribution in [1.82, 2.24) is 20.2 Å². The van der Waals surface area contributed by atoms with Crippen LogP contribution in [0.1, 0.15) is 5.56 Å². The zero-order valence-corrected chi connectivity index (χ0v) is 13.9. The zero-order valence-electron chi connectivity index (χ0n) is 13.1. The fourth-order valence-electron chi connectivity index (χ4n) is 2.82. The number of para-hydroxylation sites is 2. The number of hydrogen-bond acceptors (Lipinski definition) is 4. The second-order valence-electron chi connectivity index (χ2n) is 5.76. The molecule has 0 aliphatic carbocycles. The number of amides is 1. The number of nitrogens with one attached hydrogen (secondary N) is 2. The Morgan fingerprint density at radius 2 is 2.08 bits per heavy atom. The molecule has 1 fully saturated rings. The molecule has 1 aliphatic rings. The number of rotatable bonds is 4. The van der Waals surface area contributed by atoms with E-state index in [0.717, 1.165) is 33.9 Å². The van der Waals surface area contributed by atoms with E-state index in [1.54, 1.807) is 11.8 Å². The molecule has 3 aromatic rings. The van der Waals surface area contributed by atoms with Gasteiger partial charge < -0.3 is 5.32 Å². The highest BCUT2D eigenvalue weighted by Gasteiger charge is 2.21. The fourth-order valence-corrected chi connectivity index (χ4v) is 3.76. The van der Waals surface area contributed by atoms with Crippen LogP contribution in [0.5, 0.6) is 0 Å². The molecule has 2 aromatic carbocycles. The molecule has 2 heterocycles. The first-order valence-corrected chi connectivity index (χ1v) is 9.07. The normalized spacial score (nSPS) is 17.2. The van der Waals surface area contributed by atoms with Gasteiger partial charge in [0.15, 0.2) is 0 Å². The number of benzene rings is 2. The molecule has 0 saturated carbocycles. The van der Waals surface area contributed by atoms with Gasteiger partial charge in [-0.1, -0.05) is 24.3 Å². The SMILES string of the molecule is O=C(NCc1ccc(-n2cnc3ccccc32)cc1)C1CSCN1. The van der Waals surface area contributed by atoms with Crippen molar-refractivity contribution in [3.05, 3.63) is 60.4 Å². The molecule has 24 heavy (non-hydrogen) atoms. The number of hydrogen-bond donors (Lipinski definition) is 2. The van der Waals surface area contributed by atoms with E-state index in [1.165, 1.54) is 0 Å². The van der Waals surface area contributed by atoms with Gasteiger partial charge in [0.2, 0.25) is 5.91 Å². The first-order valence-electron chi connectivity index (χ1n) is 7.91. The van der Waals surface area contributed by atoms with E-state index < -0.39 is 0 Å². The van der Waals surface area contributed by atoms with Crippen LogP contribution in [0.4, 0.5) is 0 Å². The van der Waals surface area contributed by atoms with Crippen molar-refractivity contribution in [3.8, 4) is 5.69 Å². The first-order chi connectivity index (χ1) is 11.8. The minimum absolute atomic E-state index is 0.0633. The van der Waals surface area contributed by atoms with E-state index in [1.807, 2.05) is 36.7 Å². The maximum atomic E-state index is 12.0. The van der Waals surface area contributed by atoms with Crippen LogP contribution in [0.2, 0.25) is 0 Å². The number of fused-ring (bicyclic) bond motifs is 1. The molecule has 122 valence electrons. The maximum absolute atomic E-state index is 12.0. The number of thioether (sulfide) groups is 1. The lowest BCUT2D eigenvalue weighted by Crippen LogP contribution is -2.41. The lowest BCUT2D eigenvalue weighted by Gasteiger charge is -2.11. The van der Waals surface area contributed by atoms with E-state index in [4.69, 9.17) is 0 Å². The summed E-state index contributed by atoms with van der Waals surface area (Å²) in [5.41, 5.74) is 4.22. The van der Waals surface area contributed by atoms with Crippen LogP contribution in [0.25, 0.3) is 16.7 Å². The number of aromatic nitrogens is 2. The molecule has 0 spiro atoms. The summed E-state index contributed by atoms with van der Waals surface area (Å²) in [7, 11) is 0. The van der Waals surface area contributed by atoms with Crippen molar-refractivity contribution >= 4 is 28.7 Å². The second kappa shape index (κ2) is 6.67. The van der Waals surface area contributed by atoms with Crippen LogP contribution >= 0.6 is 11.8 Å². The molecule has 2 N–H and O–H groups in total. The molecule has 1 unspecified atom stereocenters. The molecule has 5 nitrogen and oxygen atoms in total. The lowest BCUT2D eigenvalue weighted by molar-refractivity contribution is -0.122. The minimum atomic E-state index is -0.0633. The zero-order chi connectivity index (χ0) is 16.4. The van der Waals surface area contributed by atoms with Crippen molar-refractivity contribution in [2.45, 2.75) is 12.6 Å². The van der Waals surface area contributed by atoms with E-state index in [-0.39, 0.29) is 11.9 Å². The van der Waals surface area contributed by atoms with Crippen LogP contribution in [0.15, 0.2) is 54.9 Å². The van der Waals surface area contributed by atoms with Crippen LogP contribution in [-0.2, 0) is 11.3 Å². The molecule has 6 heteroatoms. The van der Waals surface area contributed by atoms with Gasteiger partial charge in [-0.15, -0.1) is 11.8 Å². The summed E-state index contributed by atoms with van der Waals surface area (Å²) in [6, 6.07) is 16.2. The second-order valence-corrected chi connectivity index (χ2v) is 6.79. The van der Waals surface area contributed by atoms with Crippen molar-refractivity contribution in [1.29, 1.82) is 0 Å². The first kappa shape index (κ1) is 15.2. The van der Waals surface area contributed by atoms with Crippen LogP contribution in [0.3, 0.4) is 0 Å². The Bertz CT molecular complexity index is 853. The molecule has 4 rings (SSSR count). The highest BCUT2D eigenvalue weighted by molar-refractivity contribution is 7.99. The standard InChI is InChI=1S/C18H18N4OS/c23-18(16-10-24-12-21-16)19-9-13-5-7-14(8-6-13)22-11-20-15-3-1-2-4-17(15)22/h1-8,11,16,21H,9-10,12H2,(H,19,23). The Morgan fingerprint density at radius 3 is 2.88 bits per heavy atom. The molecule has 0 bridgehead atoms. The summed E-state index contributed by atoms with van der Waals surface area (Å²) < 4.78 is 2.07. The molecular formula is C18H18N4OS. The summed E-state index contributed by atoms with van der Waals surface area (Å²) in [5, 5.41) is 6.17. The smallest absolute Gasteiger partial charge is 0.238 e. The van der Waals surface area contributed by atoms with Gasteiger partial charge in [0.05, 0.1) is 17.1 Å². The summed E-state index contributed by atoms with van der Waals surface area (Å²) in [5.74, 6) is 1.77. The van der Waals surface area contributed by atoms with E-state index in [9.17, 15) is 4.79 Å². The van der Waals surface area contributed by atoms with Crippen molar-refractivity contribution in [2.24, 2.45) is 0 Å². The van der Waals surface area contributed by atoms with Crippen molar-refractivity contribution in [2.75, 3.05) is 11.6 Å². The number of imidazole rings is 1. The largest absolute Gasteiger partial charge is 0.351 e. The number of nitrogens with zero attached hydrogens (tertiary/aromatic N) is 2. The lowest BCUT2D eigenvalue weighted by atomic mass is 10.2. The van der Waals surface area contributed by atoms with Crippen LogP contribution in [-0.4, -0.2) is 33.1 Å². The third-order valence-electron chi connectivity index (χ3n) is 4.17. The molecule has 1 atom stereocenters. The van der Waals surface area contributed by atoms with Gasteiger partial charge in [-0.25, -0.2) is 4.98 Å². The Balaban J connectivity index is 1.45. The topological polar surface area (TPSA) is 59.0 Å². The maximum Gasteiger partial charge on any atom is 0.238 e. The molecule has 1 saturated heterocycles. The Labute approximate surface area is 144 Å². The Hall–Kier alpha value is -2.31. The predicted octanol–water partition coefficient (Wildman–Crippen LogP) is 2.30. The van der Waals surface area contributed by atoms with Gasteiger partial charge in [0, 0.05) is 23.9 Å². The Kier molecular flexibility index (Phi) is 4.23. The fraction of sp³-hybridized carbons (Fsp3) is 0.222.